The lowest BCUT2D eigenvalue weighted by molar-refractivity contribution is 0.288. The van der Waals surface area contributed by atoms with Crippen LogP contribution in [0, 0.1) is 5.82 Å². The van der Waals surface area contributed by atoms with E-state index in [2.05, 4.69) is 14.8 Å². The van der Waals surface area contributed by atoms with Gasteiger partial charge in [0.1, 0.15) is 11.6 Å². The number of halogens is 1. The third kappa shape index (κ3) is 3.60. The summed E-state index contributed by atoms with van der Waals surface area (Å²) in [5, 5.41) is 3.87. The Morgan fingerprint density at radius 3 is 2.64 bits per heavy atom. The summed E-state index contributed by atoms with van der Waals surface area (Å²) in [7, 11) is 0. The Bertz CT molecular complexity index is 970. The Morgan fingerprint density at radius 2 is 1.89 bits per heavy atom. The molecule has 0 amide bonds. The first-order valence-electron chi connectivity index (χ1n) is 9.37. The fourth-order valence-electron chi connectivity index (χ4n) is 3.62. The number of rotatable bonds is 4. The molecule has 2 heterocycles. The van der Waals surface area contributed by atoms with Crippen LogP contribution in [-0.4, -0.2) is 27.7 Å². The zero-order valence-corrected chi connectivity index (χ0v) is 16.5. The molecule has 1 aliphatic rings. The first kappa shape index (κ1) is 18.5. The Morgan fingerprint density at radius 1 is 1.11 bits per heavy atom. The van der Waals surface area contributed by atoms with Crippen LogP contribution >= 0.6 is 12.2 Å². The van der Waals surface area contributed by atoms with Crippen molar-refractivity contribution in [3.8, 4) is 5.75 Å². The van der Waals surface area contributed by atoms with Crippen molar-refractivity contribution < 1.29 is 9.13 Å². The predicted octanol–water partition coefficient (Wildman–Crippen LogP) is 4.83. The van der Waals surface area contributed by atoms with Gasteiger partial charge in [0.15, 0.2) is 5.11 Å². The second-order valence-corrected chi connectivity index (χ2v) is 7.02. The summed E-state index contributed by atoms with van der Waals surface area (Å²) in [5.74, 6) is 0.593. The summed E-state index contributed by atoms with van der Waals surface area (Å²) < 4.78 is 22.3. The Labute approximate surface area is 169 Å². The lowest BCUT2D eigenvalue weighted by atomic mass is 10.00. The maximum absolute atomic E-state index is 14.6. The van der Waals surface area contributed by atoms with Gasteiger partial charge in [-0.25, -0.2) is 4.39 Å². The van der Waals surface area contributed by atoms with E-state index in [0.717, 1.165) is 23.7 Å². The molecule has 0 fully saturated rings. The van der Waals surface area contributed by atoms with Crippen LogP contribution in [0.2, 0.25) is 0 Å². The predicted molar refractivity (Wildman–Crippen MR) is 113 cm³/mol. The molecule has 0 radical (unpaired) electrons. The van der Waals surface area contributed by atoms with Crippen molar-refractivity contribution in [1.29, 1.82) is 0 Å². The van der Waals surface area contributed by atoms with E-state index in [0.29, 0.717) is 23.8 Å². The van der Waals surface area contributed by atoms with Gasteiger partial charge in [0.25, 0.3) is 0 Å². The monoisotopic (exact) mass is 395 g/mol. The molecule has 0 unspecified atom stereocenters. The molecule has 28 heavy (non-hydrogen) atoms. The fraction of sp³-hybridized carbons (Fsp3) is 0.227. The molecule has 0 spiro atoms. The van der Waals surface area contributed by atoms with Crippen LogP contribution < -0.4 is 10.1 Å². The van der Waals surface area contributed by atoms with Crippen molar-refractivity contribution in [2.45, 2.75) is 19.5 Å². The molecule has 3 aromatic rings. The van der Waals surface area contributed by atoms with Gasteiger partial charge in [0.05, 0.1) is 12.6 Å². The highest BCUT2D eigenvalue weighted by molar-refractivity contribution is 7.80. The summed E-state index contributed by atoms with van der Waals surface area (Å²) in [6.45, 7) is 4.08. The van der Waals surface area contributed by atoms with Gasteiger partial charge in [-0.15, -0.1) is 0 Å². The maximum Gasteiger partial charge on any atom is 0.174 e. The van der Waals surface area contributed by atoms with Crippen molar-refractivity contribution in [2.24, 2.45) is 0 Å². The molecular formula is C22H22FN3OS. The van der Waals surface area contributed by atoms with Crippen LogP contribution in [0.1, 0.15) is 24.2 Å². The summed E-state index contributed by atoms with van der Waals surface area (Å²) in [5.41, 5.74) is 2.53. The van der Waals surface area contributed by atoms with E-state index in [9.17, 15) is 4.39 Å². The van der Waals surface area contributed by atoms with Gasteiger partial charge in [-0.1, -0.05) is 18.2 Å². The quantitative estimate of drug-likeness (QED) is 0.641. The molecule has 1 atom stereocenters. The lowest BCUT2D eigenvalue weighted by Crippen LogP contribution is -2.44. The average Bonchev–Trinajstić information content (AvgIpc) is 3.18. The normalized spacial score (nSPS) is 15.8. The van der Waals surface area contributed by atoms with Crippen molar-refractivity contribution >= 4 is 23.0 Å². The molecule has 1 N–H and O–H groups in total. The first-order chi connectivity index (χ1) is 13.7. The number of hydrogen-bond acceptors (Lipinski definition) is 2. The molecule has 0 bridgehead atoms. The molecule has 1 aromatic heterocycles. The van der Waals surface area contributed by atoms with E-state index >= 15 is 0 Å². The van der Waals surface area contributed by atoms with Gasteiger partial charge in [0, 0.05) is 36.2 Å². The van der Waals surface area contributed by atoms with Gasteiger partial charge in [-0.05, 0) is 61.6 Å². The number of aromatic nitrogens is 1. The van der Waals surface area contributed by atoms with E-state index in [1.807, 2.05) is 61.7 Å². The Kier molecular flexibility index (Phi) is 5.30. The molecule has 144 valence electrons. The first-order valence-corrected chi connectivity index (χ1v) is 9.78. The second kappa shape index (κ2) is 8.02. The molecule has 6 heteroatoms. The van der Waals surface area contributed by atoms with Crippen molar-refractivity contribution in [1.82, 2.24) is 9.47 Å². The number of thiocarbonyl (C=S) groups is 1. The number of nitrogens with one attached hydrogen (secondary N) is 1. The summed E-state index contributed by atoms with van der Waals surface area (Å²) in [6.07, 6.45) is 2.03. The highest BCUT2D eigenvalue weighted by Gasteiger charge is 2.32. The van der Waals surface area contributed by atoms with Crippen LogP contribution in [0.4, 0.5) is 10.1 Å². The van der Waals surface area contributed by atoms with E-state index in [-0.39, 0.29) is 11.9 Å². The smallest absolute Gasteiger partial charge is 0.174 e. The maximum atomic E-state index is 14.6. The molecule has 4 nitrogen and oxygen atoms in total. The minimum atomic E-state index is -0.271. The number of ether oxygens (including phenoxy) is 1. The van der Waals surface area contributed by atoms with Gasteiger partial charge >= 0.3 is 0 Å². The zero-order valence-electron chi connectivity index (χ0n) is 15.6. The van der Waals surface area contributed by atoms with Crippen molar-refractivity contribution in [3.05, 3.63) is 83.9 Å². The molecule has 0 saturated heterocycles. The third-order valence-corrected chi connectivity index (χ3v) is 5.25. The van der Waals surface area contributed by atoms with Crippen LogP contribution in [-0.2, 0) is 6.54 Å². The van der Waals surface area contributed by atoms with E-state index in [1.54, 1.807) is 6.07 Å². The Hall–Kier alpha value is -2.86. The number of fused-ring (bicyclic) bond motifs is 1. The third-order valence-electron chi connectivity index (χ3n) is 4.92. The average molecular weight is 396 g/mol. The van der Waals surface area contributed by atoms with E-state index in [4.69, 9.17) is 17.0 Å². The van der Waals surface area contributed by atoms with Crippen LogP contribution in [0.3, 0.4) is 0 Å². The minimum Gasteiger partial charge on any atom is -0.494 e. The fourth-order valence-corrected chi connectivity index (χ4v) is 3.94. The van der Waals surface area contributed by atoms with Crippen molar-refractivity contribution in [3.63, 3.8) is 0 Å². The largest absolute Gasteiger partial charge is 0.494 e. The van der Waals surface area contributed by atoms with Gasteiger partial charge < -0.3 is 19.5 Å². The summed E-state index contributed by atoms with van der Waals surface area (Å²) in [6, 6.07) is 18.3. The second-order valence-electron chi connectivity index (χ2n) is 6.63. The molecule has 1 aliphatic heterocycles. The zero-order chi connectivity index (χ0) is 19.5. The van der Waals surface area contributed by atoms with Gasteiger partial charge in [0.2, 0.25) is 0 Å². The standard InChI is InChI=1S/C22H22FN3OS/c1-2-27-17-11-9-16(10-12-17)24-22(28)26-15-14-25-13-5-8-20(25)21(26)18-6-3-4-7-19(18)23/h3-13,21H,2,14-15H2,1H3,(H,24,28)/t21-/m0/s1. The molecule has 4 rings (SSSR count). The number of nitrogens with zero attached hydrogens (tertiary/aromatic N) is 2. The number of hydrogen-bond donors (Lipinski definition) is 1. The van der Waals surface area contributed by atoms with E-state index in [1.165, 1.54) is 6.07 Å². The van der Waals surface area contributed by atoms with Crippen LogP contribution in [0.25, 0.3) is 0 Å². The Balaban J connectivity index is 1.62. The van der Waals surface area contributed by atoms with Gasteiger partial charge in [-0.2, -0.15) is 0 Å². The topological polar surface area (TPSA) is 29.4 Å². The minimum absolute atomic E-state index is 0.226. The highest BCUT2D eigenvalue weighted by atomic mass is 32.1. The molecule has 0 aliphatic carbocycles. The number of benzene rings is 2. The highest BCUT2D eigenvalue weighted by Crippen LogP contribution is 2.34. The molecule has 0 saturated carbocycles. The molecular weight excluding hydrogens is 373 g/mol. The summed E-state index contributed by atoms with van der Waals surface area (Å²) in [4.78, 5) is 2.06. The van der Waals surface area contributed by atoms with Crippen molar-refractivity contribution in [2.75, 3.05) is 18.5 Å². The number of anilines is 1. The summed E-state index contributed by atoms with van der Waals surface area (Å²) >= 11 is 5.72. The molecule has 2 aromatic carbocycles. The van der Waals surface area contributed by atoms with Gasteiger partial charge in [-0.3, -0.25) is 0 Å². The lowest BCUT2D eigenvalue weighted by Gasteiger charge is -2.39. The SMILES string of the molecule is CCOc1ccc(NC(=S)N2CCn3cccc3[C@@H]2c2ccccc2F)cc1. The van der Waals surface area contributed by atoms with E-state index < -0.39 is 0 Å². The van der Waals surface area contributed by atoms with Crippen LogP contribution in [0.15, 0.2) is 66.9 Å². The van der Waals surface area contributed by atoms with Crippen LogP contribution in [0.5, 0.6) is 5.75 Å².